The second kappa shape index (κ2) is 5.34. The molecule has 0 aromatic heterocycles. The zero-order chi connectivity index (χ0) is 13.4. The first-order valence-corrected chi connectivity index (χ1v) is 8.46. The predicted octanol–water partition coefficient (Wildman–Crippen LogP) is 2.97. The molecule has 1 aliphatic carbocycles. The molecule has 3 unspecified atom stereocenters. The molecule has 0 aromatic rings. The van der Waals surface area contributed by atoms with E-state index >= 15 is 0 Å². The molecule has 0 aromatic carbocycles. The molecule has 1 heterocycles. The highest BCUT2D eigenvalue weighted by molar-refractivity contribution is 8.00. The molecular formula is C15H30N2S. The molecule has 2 rings (SSSR count). The molecule has 2 nitrogen and oxygen atoms in total. The fraction of sp³-hybridized carbons (Fsp3) is 1.00. The Hall–Kier alpha value is 0.270. The molecule has 1 saturated carbocycles. The maximum atomic E-state index is 6.22. The Morgan fingerprint density at radius 1 is 1.28 bits per heavy atom. The van der Waals surface area contributed by atoms with E-state index < -0.39 is 0 Å². The van der Waals surface area contributed by atoms with Gasteiger partial charge in [-0.1, -0.05) is 13.8 Å². The van der Waals surface area contributed by atoms with E-state index in [1.807, 2.05) is 0 Å². The van der Waals surface area contributed by atoms with Crippen LogP contribution in [0.4, 0.5) is 0 Å². The lowest BCUT2D eigenvalue weighted by molar-refractivity contribution is 0.0182. The highest BCUT2D eigenvalue weighted by Crippen LogP contribution is 2.42. The summed E-state index contributed by atoms with van der Waals surface area (Å²) >= 11 is 2.12. The minimum absolute atomic E-state index is 0.296. The van der Waals surface area contributed by atoms with Crippen LogP contribution in [0.1, 0.15) is 47.0 Å². The van der Waals surface area contributed by atoms with Gasteiger partial charge in [0, 0.05) is 35.7 Å². The van der Waals surface area contributed by atoms with Crippen molar-refractivity contribution in [2.45, 2.75) is 57.2 Å². The molecule has 2 N–H and O–H groups in total. The van der Waals surface area contributed by atoms with Crippen LogP contribution in [0.25, 0.3) is 0 Å². The van der Waals surface area contributed by atoms with Crippen LogP contribution >= 0.6 is 11.8 Å². The Morgan fingerprint density at radius 3 is 2.56 bits per heavy atom. The van der Waals surface area contributed by atoms with Crippen LogP contribution in [-0.2, 0) is 0 Å². The summed E-state index contributed by atoms with van der Waals surface area (Å²) in [4.78, 5) is 2.73. The summed E-state index contributed by atoms with van der Waals surface area (Å²) in [7, 11) is 0. The van der Waals surface area contributed by atoms with E-state index in [1.165, 1.54) is 38.1 Å². The summed E-state index contributed by atoms with van der Waals surface area (Å²) in [5.74, 6) is 2.95. The fourth-order valence-electron chi connectivity index (χ4n) is 3.71. The normalized spacial score (nSPS) is 41.8. The molecule has 2 fully saturated rings. The third-order valence-corrected chi connectivity index (χ3v) is 6.51. The van der Waals surface area contributed by atoms with Crippen molar-refractivity contribution in [3.63, 3.8) is 0 Å². The molecule has 1 aliphatic heterocycles. The third kappa shape index (κ3) is 2.88. The summed E-state index contributed by atoms with van der Waals surface area (Å²) in [6.07, 6.45) is 3.95. The standard InChI is InChI=1S/C15H30N2S/c1-12-5-6-15(10-16,9-13(12)2)17-7-8-18-14(3,4)11-17/h12-13H,5-11,16H2,1-4H3. The number of hydrogen-bond donors (Lipinski definition) is 1. The van der Waals surface area contributed by atoms with Gasteiger partial charge in [-0.2, -0.15) is 11.8 Å². The molecule has 0 bridgehead atoms. The SMILES string of the molecule is CC1CCC(CN)(N2CCSC(C)(C)C2)CC1C. The number of nitrogens with two attached hydrogens (primary N) is 1. The molecule has 106 valence electrons. The van der Waals surface area contributed by atoms with Crippen LogP contribution in [0, 0.1) is 11.8 Å². The van der Waals surface area contributed by atoms with Gasteiger partial charge in [0.05, 0.1) is 0 Å². The number of thioether (sulfide) groups is 1. The van der Waals surface area contributed by atoms with Crippen LogP contribution in [0.3, 0.4) is 0 Å². The summed E-state index contributed by atoms with van der Waals surface area (Å²) < 4.78 is 0.396. The van der Waals surface area contributed by atoms with E-state index in [-0.39, 0.29) is 0 Å². The third-order valence-electron chi connectivity index (χ3n) is 5.21. The summed E-state index contributed by atoms with van der Waals surface area (Å²) in [6, 6.07) is 0. The first kappa shape index (κ1) is 14.7. The molecule has 0 radical (unpaired) electrons. The van der Waals surface area contributed by atoms with Crippen molar-refractivity contribution in [2.24, 2.45) is 17.6 Å². The van der Waals surface area contributed by atoms with Gasteiger partial charge in [0.15, 0.2) is 0 Å². The van der Waals surface area contributed by atoms with Gasteiger partial charge in [-0.05, 0) is 44.9 Å². The van der Waals surface area contributed by atoms with Crippen LogP contribution in [0.15, 0.2) is 0 Å². The van der Waals surface area contributed by atoms with Crippen LogP contribution in [-0.4, -0.2) is 40.6 Å². The summed E-state index contributed by atoms with van der Waals surface area (Å²) in [5, 5.41) is 0. The van der Waals surface area contributed by atoms with Gasteiger partial charge >= 0.3 is 0 Å². The second-order valence-electron chi connectivity index (χ2n) is 7.16. The van der Waals surface area contributed by atoms with Crippen LogP contribution in [0.5, 0.6) is 0 Å². The highest BCUT2D eigenvalue weighted by atomic mass is 32.2. The number of rotatable bonds is 2. The Bertz CT molecular complexity index is 292. The predicted molar refractivity (Wildman–Crippen MR) is 82.1 cm³/mol. The largest absolute Gasteiger partial charge is 0.329 e. The molecule has 1 saturated heterocycles. The van der Waals surface area contributed by atoms with Gasteiger partial charge < -0.3 is 5.73 Å². The smallest absolute Gasteiger partial charge is 0.0335 e. The Kier molecular flexibility index (Phi) is 4.35. The fourth-order valence-corrected chi connectivity index (χ4v) is 4.82. The molecule has 3 atom stereocenters. The monoisotopic (exact) mass is 270 g/mol. The van der Waals surface area contributed by atoms with E-state index in [0.717, 1.165) is 18.4 Å². The Morgan fingerprint density at radius 2 is 2.00 bits per heavy atom. The minimum Gasteiger partial charge on any atom is -0.329 e. The Balaban J connectivity index is 2.12. The van der Waals surface area contributed by atoms with Crippen molar-refractivity contribution in [3.8, 4) is 0 Å². The highest BCUT2D eigenvalue weighted by Gasteiger charge is 2.44. The minimum atomic E-state index is 0.296. The quantitative estimate of drug-likeness (QED) is 0.836. The zero-order valence-electron chi connectivity index (χ0n) is 12.5. The van der Waals surface area contributed by atoms with E-state index in [9.17, 15) is 0 Å². The average molecular weight is 270 g/mol. The van der Waals surface area contributed by atoms with Crippen molar-refractivity contribution in [3.05, 3.63) is 0 Å². The van der Waals surface area contributed by atoms with Gasteiger partial charge in [0.25, 0.3) is 0 Å². The van der Waals surface area contributed by atoms with Crippen molar-refractivity contribution in [1.29, 1.82) is 0 Å². The summed E-state index contributed by atoms with van der Waals surface area (Å²) in [6.45, 7) is 12.8. The summed E-state index contributed by atoms with van der Waals surface area (Å²) in [5.41, 5.74) is 6.51. The first-order valence-electron chi connectivity index (χ1n) is 7.48. The Labute approximate surface area is 117 Å². The molecule has 3 heteroatoms. The lowest BCUT2D eigenvalue weighted by Crippen LogP contribution is -2.61. The molecule has 0 spiro atoms. The van der Waals surface area contributed by atoms with Gasteiger partial charge in [-0.3, -0.25) is 4.90 Å². The van der Waals surface area contributed by atoms with Crippen LogP contribution in [0.2, 0.25) is 0 Å². The van der Waals surface area contributed by atoms with Crippen molar-refractivity contribution >= 4 is 11.8 Å². The van der Waals surface area contributed by atoms with Gasteiger partial charge in [0.2, 0.25) is 0 Å². The zero-order valence-corrected chi connectivity index (χ0v) is 13.4. The maximum Gasteiger partial charge on any atom is 0.0335 e. The van der Waals surface area contributed by atoms with Crippen LogP contribution < -0.4 is 5.73 Å². The van der Waals surface area contributed by atoms with E-state index in [0.29, 0.717) is 10.3 Å². The average Bonchev–Trinajstić information content (AvgIpc) is 2.32. The van der Waals surface area contributed by atoms with E-state index in [4.69, 9.17) is 5.73 Å². The lowest BCUT2D eigenvalue weighted by Gasteiger charge is -2.53. The number of hydrogen-bond acceptors (Lipinski definition) is 3. The van der Waals surface area contributed by atoms with Gasteiger partial charge in [-0.25, -0.2) is 0 Å². The first-order chi connectivity index (χ1) is 8.38. The van der Waals surface area contributed by atoms with E-state index in [1.54, 1.807) is 0 Å². The molecule has 2 aliphatic rings. The second-order valence-corrected chi connectivity index (χ2v) is 8.96. The van der Waals surface area contributed by atoms with Gasteiger partial charge in [-0.15, -0.1) is 0 Å². The number of nitrogens with zero attached hydrogens (tertiary/aromatic N) is 1. The van der Waals surface area contributed by atoms with Gasteiger partial charge in [0.1, 0.15) is 0 Å². The lowest BCUT2D eigenvalue weighted by atomic mass is 9.70. The van der Waals surface area contributed by atoms with Crippen molar-refractivity contribution < 1.29 is 0 Å². The van der Waals surface area contributed by atoms with E-state index in [2.05, 4.69) is 44.4 Å². The van der Waals surface area contributed by atoms with Crippen molar-refractivity contribution in [2.75, 3.05) is 25.4 Å². The molecule has 18 heavy (non-hydrogen) atoms. The topological polar surface area (TPSA) is 29.3 Å². The van der Waals surface area contributed by atoms with Crippen molar-refractivity contribution in [1.82, 2.24) is 4.90 Å². The molecular weight excluding hydrogens is 240 g/mol. The molecule has 0 amide bonds. The maximum absolute atomic E-state index is 6.22.